The van der Waals surface area contributed by atoms with E-state index >= 15 is 0 Å². The fraction of sp³-hybridized carbons (Fsp3) is 0.300. The number of carbonyl (C=O) groups excluding carboxylic acids is 3. The number of para-hydroxylation sites is 1. The highest BCUT2D eigenvalue weighted by atomic mass is 16.5. The van der Waals surface area contributed by atoms with Crippen molar-refractivity contribution in [1.29, 1.82) is 0 Å². The van der Waals surface area contributed by atoms with Crippen LogP contribution < -0.4 is 4.90 Å². The largest absolute Gasteiger partial charge is 0.464 e. The summed E-state index contributed by atoms with van der Waals surface area (Å²) < 4.78 is 9.89. The third-order valence-corrected chi connectivity index (χ3v) is 4.43. The van der Waals surface area contributed by atoms with Gasteiger partial charge in [0.15, 0.2) is 6.10 Å². The van der Waals surface area contributed by atoms with Crippen LogP contribution in [0.25, 0.3) is 0 Å². The van der Waals surface area contributed by atoms with Crippen LogP contribution in [0, 0.1) is 0 Å². The van der Waals surface area contributed by atoms with Crippen LogP contribution in [-0.2, 0) is 20.7 Å². The third-order valence-electron chi connectivity index (χ3n) is 4.43. The molecule has 0 saturated carbocycles. The molecular formula is C20H20N2O5. The van der Waals surface area contributed by atoms with Crippen molar-refractivity contribution < 1.29 is 23.9 Å². The van der Waals surface area contributed by atoms with E-state index in [0.29, 0.717) is 0 Å². The summed E-state index contributed by atoms with van der Waals surface area (Å²) in [5, 5.41) is 0. The highest BCUT2D eigenvalue weighted by Gasteiger charge is 2.34. The molecule has 0 bridgehead atoms. The average Bonchev–Trinajstić information content (AvgIpc) is 3.02. The van der Waals surface area contributed by atoms with Gasteiger partial charge in [-0.2, -0.15) is 0 Å². The summed E-state index contributed by atoms with van der Waals surface area (Å²) in [4.78, 5) is 42.4. The number of anilines is 1. The van der Waals surface area contributed by atoms with E-state index in [1.165, 1.54) is 32.2 Å². The quantitative estimate of drug-likeness (QED) is 0.771. The zero-order chi connectivity index (χ0) is 19.6. The smallest absolute Gasteiger partial charge is 0.357 e. The minimum absolute atomic E-state index is 0.00646. The standard InChI is InChI=1S/C20H20N2O5/c1-12-11-14-7-4-5-10-17(14)22(12)18(23)13(2)27-20(25)16-9-6-8-15(21-16)19(24)26-3/h4-10,12-13H,11H2,1-3H3/t12-,13-/m0/s1. The van der Waals surface area contributed by atoms with Crippen molar-refractivity contribution >= 4 is 23.5 Å². The molecule has 27 heavy (non-hydrogen) atoms. The van der Waals surface area contributed by atoms with E-state index in [2.05, 4.69) is 9.72 Å². The summed E-state index contributed by atoms with van der Waals surface area (Å²) in [5.41, 5.74) is 1.86. The van der Waals surface area contributed by atoms with Gasteiger partial charge >= 0.3 is 11.9 Å². The molecule has 140 valence electrons. The number of hydrogen-bond acceptors (Lipinski definition) is 6. The minimum Gasteiger partial charge on any atom is -0.464 e. The van der Waals surface area contributed by atoms with Gasteiger partial charge in [0.25, 0.3) is 5.91 Å². The van der Waals surface area contributed by atoms with Gasteiger partial charge in [0.2, 0.25) is 0 Å². The number of hydrogen-bond donors (Lipinski definition) is 0. The fourth-order valence-corrected chi connectivity index (χ4v) is 3.14. The first-order valence-corrected chi connectivity index (χ1v) is 8.59. The van der Waals surface area contributed by atoms with Crippen LogP contribution in [0.15, 0.2) is 42.5 Å². The Bertz CT molecular complexity index is 895. The minimum atomic E-state index is -0.991. The molecule has 2 aromatic rings. The number of amides is 1. The Morgan fingerprint density at radius 3 is 2.44 bits per heavy atom. The first kappa shape index (κ1) is 18.6. The summed E-state index contributed by atoms with van der Waals surface area (Å²) in [5.74, 6) is -1.73. The van der Waals surface area contributed by atoms with Crippen LogP contribution >= 0.6 is 0 Å². The molecule has 1 aromatic carbocycles. The molecule has 0 N–H and O–H groups in total. The molecule has 0 spiro atoms. The molecule has 0 unspecified atom stereocenters. The van der Waals surface area contributed by atoms with Crippen LogP contribution in [-0.4, -0.2) is 42.1 Å². The predicted octanol–water partition coefficient (Wildman–Crippen LogP) is 2.39. The number of methoxy groups -OCH3 is 1. The summed E-state index contributed by atoms with van der Waals surface area (Å²) in [6.45, 7) is 3.48. The molecule has 1 aliphatic heterocycles. The molecule has 0 saturated heterocycles. The van der Waals surface area contributed by atoms with Crippen molar-refractivity contribution in [2.24, 2.45) is 0 Å². The van der Waals surface area contributed by atoms with E-state index in [9.17, 15) is 14.4 Å². The number of aromatic nitrogens is 1. The molecule has 3 rings (SSSR count). The van der Waals surface area contributed by atoms with Crippen LogP contribution in [0.4, 0.5) is 5.69 Å². The molecular weight excluding hydrogens is 348 g/mol. The summed E-state index contributed by atoms with van der Waals surface area (Å²) in [6.07, 6.45) is -0.236. The molecule has 7 nitrogen and oxygen atoms in total. The second-order valence-corrected chi connectivity index (χ2v) is 6.34. The molecule has 1 aliphatic rings. The molecule has 0 fully saturated rings. The Morgan fingerprint density at radius 1 is 1.07 bits per heavy atom. The number of pyridine rings is 1. The predicted molar refractivity (Wildman–Crippen MR) is 97.5 cm³/mol. The van der Waals surface area contributed by atoms with E-state index in [1.54, 1.807) is 4.90 Å². The van der Waals surface area contributed by atoms with E-state index in [4.69, 9.17) is 4.74 Å². The van der Waals surface area contributed by atoms with Gasteiger partial charge in [-0.25, -0.2) is 14.6 Å². The number of nitrogens with zero attached hydrogens (tertiary/aromatic N) is 2. The van der Waals surface area contributed by atoms with Crippen molar-refractivity contribution in [3.05, 3.63) is 59.4 Å². The molecule has 0 aliphatic carbocycles. The number of fused-ring (bicyclic) bond motifs is 1. The first-order valence-electron chi connectivity index (χ1n) is 8.59. The summed E-state index contributed by atoms with van der Waals surface area (Å²) in [7, 11) is 1.23. The SMILES string of the molecule is COC(=O)c1cccc(C(=O)O[C@@H](C)C(=O)N2c3ccccc3C[C@@H]2C)n1. The Labute approximate surface area is 156 Å². The van der Waals surface area contributed by atoms with Gasteiger partial charge < -0.3 is 14.4 Å². The van der Waals surface area contributed by atoms with E-state index in [1.807, 2.05) is 31.2 Å². The maximum absolute atomic E-state index is 12.9. The first-order chi connectivity index (χ1) is 12.9. The van der Waals surface area contributed by atoms with Crippen molar-refractivity contribution in [2.45, 2.75) is 32.4 Å². The van der Waals surface area contributed by atoms with E-state index in [0.717, 1.165) is 17.7 Å². The zero-order valence-electron chi connectivity index (χ0n) is 15.3. The normalized spacial score (nSPS) is 16.4. The topological polar surface area (TPSA) is 85.8 Å². The highest BCUT2D eigenvalue weighted by molar-refractivity contribution is 6.00. The summed E-state index contributed by atoms with van der Waals surface area (Å²) >= 11 is 0. The van der Waals surface area contributed by atoms with Gasteiger partial charge in [-0.3, -0.25) is 4.79 Å². The maximum Gasteiger partial charge on any atom is 0.357 e. The van der Waals surface area contributed by atoms with Gasteiger partial charge in [-0.05, 0) is 44.0 Å². The lowest BCUT2D eigenvalue weighted by molar-refractivity contribution is -0.126. The van der Waals surface area contributed by atoms with Gasteiger partial charge in [0.05, 0.1) is 7.11 Å². The van der Waals surface area contributed by atoms with E-state index < -0.39 is 18.0 Å². The van der Waals surface area contributed by atoms with Crippen molar-refractivity contribution in [2.75, 3.05) is 12.0 Å². The Morgan fingerprint density at radius 2 is 1.74 bits per heavy atom. The monoisotopic (exact) mass is 368 g/mol. The van der Waals surface area contributed by atoms with Crippen molar-refractivity contribution in [1.82, 2.24) is 4.98 Å². The van der Waals surface area contributed by atoms with Crippen LogP contribution in [0.3, 0.4) is 0 Å². The lowest BCUT2D eigenvalue weighted by Crippen LogP contribution is -2.43. The second-order valence-electron chi connectivity index (χ2n) is 6.34. The molecule has 2 heterocycles. The Kier molecular flexibility index (Phi) is 5.21. The van der Waals surface area contributed by atoms with Crippen molar-refractivity contribution in [3.8, 4) is 0 Å². The van der Waals surface area contributed by atoms with E-state index in [-0.39, 0.29) is 23.3 Å². The van der Waals surface area contributed by atoms with Crippen LogP contribution in [0.1, 0.15) is 40.4 Å². The Balaban J connectivity index is 1.74. The maximum atomic E-state index is 12.9. The molecule has 1 aromatic heterocycles. The molecule has 0 radical (unpaired) electrons. The third kappa shape index (κ3) is 3.67. The van der Waals surface area contributed by atoms with Gasteiger partial charge in [-0.15, -0.1) is 0 Å². The number of carbonyl (C=O) groups is 3. The van der Waals surface area contributed by atoms with Gasteiger partial charge in [-0.1, -0.05) is 24.3 Å². The Hall–Kier alpha value is -3.22. The average molecular weight is 368 g/mol. The van der Waals surface area contributed by atoms with Crippen LogP contribution in [0.5, 0.6) is 0 Å². The second kappa shape index (κ2) is 7.57. The molecule has 2 atom stereocenters. The number of benzene rings is 1. The van der Waals surface area contributed by atoms with Crippen molar-refractivity contribution in [3.63, 3.8) is 0 Å². The lowest BCUT2D eigenvalue weighted by Gasteiger charge is -2.25. The molecule has 7 heteroatoms. The van der Waals surface area contributed by atoms with Crippen LogP contribution in [0.2, 0.25) is 0 Å². The highest BCUT2D eigenvalue weighted by Crippen LogP contribution is 2.32. The number of ether oxygens (including phenoxy) is 2. The number of rotatable bonds is 4. The summed E-state index contributed by atoms with van der Waals surface area (Å²) in [6, 6.07) is 12.0. The fourth-order valence-electron chi connectivity index (χ4n) is 3.14. The number of esters is 2. The van der Waals surface area contributed by atoms with Gasteiger partial charge in [0.1, 0.15) is 11.4 Å². The van der Waals surface area contributed by atoms with Gasteiger partial charge in [0, 0.05) is 11.7 Å². The zero-order valence-corrected chi connectivity index (χ0v) is 15.3. The molecule has 1 amide bonds. The lowest BCUT2D eigenvalue weighted by atomic mass is 10.1.